The highest BCUT2D eigenvalue weighted by Crippen LogP contribution is 2.25. The molecule has 0 unspecified atom stereocenters. The van der Waals surface area contributed by atoms with Gasteiger partial charge < -0.3 is 9.88 Å². The van der Waals surface area contributed by atoms with E-state index in [9.17, 15) is 0 Å². The Labute approximate surface area is 123 Å². The average Bonchev–Trinajstić information content (AvgIpc) is 3.12. The number of aryl methyl sites for hydroxylation is 1. The van der Waals surface area contributed by atoms with E-state index in [-0.39, 0.29) is 0 Å². The maximum absolute atomic E-state index is 4.05. The molecule has 20 heavy (non-hydrogen) atoms. The van der Waals surface area contributed by atoms with Crippen molar-refractivity contribution in [2.75, 3.05) is 6.54 Å². The minimum absolute atomic E-state index is 0.967. The van der Waals surface area contributed by atoms with Crippen molar-refractivity contribution in [3.05, 3.63) is 53.9 Å². The van der Waals surface area contributed by atoms with E-state index in [0.717, 1.165) is 19.6 Å². The topological polar surface area (TPSA) is 29.9 Å². The summed E-state index contributed by atoms with van der Waals surface area (Å²) in [6, 6.07) is 8.62. The van der Waals surface area contributed by atoms with Crippen LogP contribution in [-0.2, 0) is 13.1 Å². The molecule has 3 aromatic rings. The monoisotopic (exact) mass is 285 g/mol. The molecule has 104 valence electrons. The lowest BCUT2D eigenvalue weighted by Gasteiger charge is -2.05. The van der Waals surface area contributed by atoms with Crippen LogP contribution in [0.4, 0.5) is 0 Å². The SMILES string of the molecule is c1ccc2c(CNCCCCn3ccnc3)csc2c1. The van der Waals surface area contributed by atoms with Crippen LogP contribution in [0.25, 0.3) is 10.1 Å². The zero-order valence-electron chi connectivity index (χ0n) is 11.5. The largest absolute Gasteiger partial charge is 0.337 e. The number of aromatic nitrogens is 2. The second-order valence-corrected chi connectivity index (χ2v) is 5.85. The molecule has 0 aliphatic carbocycles. The van der Waals surface area contributed by atoms with Crippen molar-refractivity contribution in [2.45, 2.75) is 25.9 Å². The van der Waals surface area contributed by atoms with Crippen LogP contribution in [-0.4, -0.2) is 16.1 Å². The molecule has 0 saturated carbocycles. The van der Waals surface area contributed by atoms with Crippen molar-refractivity contribution >= 4 is 21.4 Å². The summed E-state index contributed by atoms with van der Waals surface area (Å²) in [5, 5.41) is 7.20. The first-order chi connectivity index (χ1) is 9.93. The van der Waals surface area contributed by atoms with Crippen LogP contribution in [0.5, 0.6) is 0 Å². The second-order valence-electron chi connectivity index (χ2n) is 4.94. The number of fused-ring (bicyclic) bond motifs is 1. The van der Waals surface area contributed by atoms with Crippen LogP contribution in [0.1, 0.15) is 18.4 Å². The Hall–Kier alpha value is -1.65. The predicted molar refractivity (Wildman–Crippen MR) is 85.0 cm³/mol. The smallest absolute Gasteiger partial charge is 0.0945 e. The van der Waals surface area contributed by atoms with E-state index in [1.54, 1.807) is 0 Å². The molecule has 0 aliphatic heterocycles. The molecule has 0 fully saturated rings. The van der Waals surface area contributed by atoms with Crippen molar-refractivity contribution in [3.8, 4) is 0 Å². The summed E-state index contributed by atoms with van der Waals surface area (Å²) in [5.41, 5.74) is 1.42. The Morgan fingerprint density at radius 3 is 3.05 bits per heavy atom. The number of hydrogen-bond acceptors (Lipinski definition) is 3. The molecule has 0 bridgehead atoms. The second kappa shape index (κ2) is 6.68. The summed E-state index contributed by atoms with van der Waals surface area (Å²) in [6.07, 6.45) is 8.11. The van der Waals surface area contributed by atoms with Crippen molar-refractivity contribution in [1.82, 2.24) is 14.9 Å². The van der Waals surface area contributed by atoms with Gasteiger partial charge in [-0.05, 0) is 41.8 Å². The Morgan fingerprint density at radius 2 is 2.15 bits per heavy atom. The number of imidazole rings is 1. The molecule has 1 N–H and O–H groups in total. The molecule has 0 amide bonds. The van der Waals surface area contributed by atoms with E-state index in [1.807, 2.05) is 30.1 Å². The molecule has 0 radical (unpaired) electrons. The maximum atomic E-state index is 4.05. The van der Waals surface area contributed by atoms with E-state index in [4.69, 9.17) is 0 Å². The van der Waals surface area contributed by atoms with Gasteiger partial charge in [0.25, 0.3) is 0 Å². The van der Waals surface area contributed by atoms with Crippen LogP contribution >= 0.6 is 11.3 Å². The molecule has 0 atom stereocenters. The first-order valence-corrected chi connectivity index (χ1v) is 7.93. The number of nitrogens with one attached hydrogen (secondary N) is 1. The maximum Gasteiger partial charge on any atom is 0.0945 e. The number of thiophene rings is 1. The van der Waals surface area contributed by atoms with Crippen LogP contribution in [0.3, 0.4) is 0 Å². The zero-order valence-corrected chi connectivity index (χ0v) is 12.3. The predicted octanol–water partition coefficient (Wildman–Crippen LogP) is 3.67. The van der Waals surface area contributed by atoms with Crippen molar-refractivity contribution in [1.29, 1.82) is 0 Å². The molecule has 1 aromatic carbocycles. The summed E-state index contributed by atoms with van der Waals surface area (Å²) in [6.45, 7) is 3.09. The van der Waals surface area contributed by atoms with E-state index in [0.29, 0.717) is 0 Å². The van der Waals surface area contributed by atoms with Crippen molar-refractivity contribution in [2.24, 2.45) is 0 Å². The van der Waals surface area contributed by atoms with Gasteiger partial charge in [0.15, 0.2) is 0 Å². The highest BCUT2D eigenvalue weighted by molar-refractivity contribution is 7.17. The normalized spacial score (nSPS) is 11.2. The van der Waals surface area contributed by atoms with Crippen LogP contribution < -0.4 is 5.32 Å². The molecule has 4 heteroatoms. The van der Waals surface area contributed by atoms with Gasteiger partial charge in [-0.25, -0.2) is 4.98 Å². The zero-order chi connectivity index (χ0) is 13.6. The van der Waals surface area contributed by atoms with E-state index >= 15 is 0 Å². The number of unbranched alkanes of at least 4 members (excludes halogenated alkanes) is 1. The van der Waals surface area contributed by atoms with Gasteiger partial charge in [0, 0.05) is 30.2 Å². The number of hydrogen-bond donors (Lipinski definition) is 1. The minimum Gasteiger partial charge on any atom is -0.337 e. The summed E-state index contributed by atoms with van der Waals surface area (Å²) >= 11 is 1.83. The van der Waals surface area contributed by atoms with E-state index in [1.165, 1.54) is 28.5 Å². The van der Waals surface area contributed by atoms with Gasteiger partial charge in [0.1, 0.15) is 0 Å². The third-order valence-corrected chi connectivity index (χ3v) is 4.47. The lowest BCUT2D eigenvalue weighted by molar-refractivity contribution is 0.569. The average molecular weight is 285 g/mol. The Balaban J connectivity index is 1.39. The third-order valence-electron chi connectivity index (χ3n) is 3.46. The summed E-state index contributed by atoms with van der Waals surface area (Å²) in [5.74, 6) is 0. The quantitative estimate of drug-likeness (QED) is 0.671. The molecule has 0 aliphatic rings. The first-order valence-electron chi connectivity index (χ1n) is 7.05. The molecule has 2 aromatic heterocycles. The molecule has 2 heterocycles. The van der Waals surface area contributed by atoms with Gasteiger partial charge in [-0.15, -0.1) is 11.3 Å². The number of rotatable bonds is 7. The van der Waals surface area contributed by atoms with Gasteiger partial charge in [0.2, 0.25) is 0 Å². The molecular formula is C16H19N3S. The van der Waals surface area contributed by atoms with Gasteiger partial charge in [0.05, 0.1) is 6.33 Å². The van der Waals surface area contributed by atoms with E-state index < -0.39 is 0 Å². The van der Waals surface area contributed by atoms with Crippen LogP contribution in [0.2, 0.25) is 0 Å². The molecular weight excluding hydrogens is 266 g/mol. The lowest BCUT2D eigenvalue weighted by Crippen LogP contribution is -2.14. The summed E-state index contributed by atoms with van der Waals surface area (Å²) in [4.78, 5) is 4.05. The highest BCUT2D eigenvalue weighted by atomic mass is 32.1. The molecule has 3 nitrogen and oxygen atoms in total. The summed E-state index contributed by atoms with van der Waals surface area (Å²) in [7, 11) is 0. The van der Waals surface area contributed by atoms with Gasteiger partial charge >= 0.3 is 0 Å². The molecule has 0 saturated heterocycles. The van der Waals surface area contributed by atoms with Gasteiger partial charge in [-0.2, -0.15) is 0 Å². The van der Waals surface area contributed by atoms with Crippen molar-refractivity contribution in [3.63, 3.8) is 0 Å². The Kier molecular flexibility index (Phi) is 4.46. The minimum atomic E-state index is 0.967. The standard InChI is InChI=1S/C16H19N3S/c1-2-6-16-15(5-1)14(12-20-16)11-17-7-3-4-9-19-10-8-18-13-19/h1-2,5-6,8,10,12-13,17H,3-4,7,9,11H2. The number of nitrogens with zero attached hydrogens (tertiary/aromatic N) is 2. The molecule has 0 spiro atoms. The fourth-order valence-corrected chi connectivity index (χ4v) is 3.32. The number of benzene rings is 1. The fourth-order valence-electron chi connectivity index (χ4n) is 2.36. The molecule has 3 rings (SSSR count). The first kappa shape index (κ1) is 13.3. The van der Waals surface area contributed by atoms with Crippen molar-refractivity contribution < 1.29 is 0 Å². The summed E-state index contributed by atoms with van der Waals surface area (Å²) < 4.78 is 3.51. The van der Waals surface area contributed by atoms with E-state index in [2.05, 4.69) is 44.5 Å². The fraction of sp³-hybridized carbons (Fsp3) is 0.312. The van der Waals surface area contributed by atoms with Crippen LogP contribution in [0.15, 0.2) is 48.4 Å². The Bertz CT molecular complexity index is 643. The van der Waals surface area contributed by atoms with Crippen LogP contribution in [0, 0.1) is 0 Å². The van der Waals surface area contributed by atoms with Gasteiger partial charge in [-0.3, -0.25) is 0 Å². The van der Waals surface area contributed by atoms with Gasteiger partial charge in [-0.1, -0.05) is 18.2 Å². The Morgan fingerprint density at radius 1 is 1.20 bits per heavy atom. The third kappa shape index (κ3) is 3.26. The lowest BCUT2D eigenvalue weighted by atomic mass is 10.2. The highest BCUT2D eigenvalue weighted by Gasteiger charge is 2.02.